The number of nitrogens with zero attached hydrogens (tertiary/aromatic N) is 3. The van der Waals surface area contributed by atoms with E-state index >= 15 is 0 Å². The highest BCUT2D eigenvalue weighted by atomic mass is 16.5. The fourth-order valence-corrected chi connectivity index (χ4v) is 3.69. The molecule has 0 aliphatic carbocycles. The number of amides is 1. The largest absolute Gasteiger partial charge is 0.495 e. The van der Waals surface area contributed by atoms with E-state index in [1.807, 2.05) is 48.5 Å². The Morgan fingerprint density at radius 2 is 2.00 bits per heavy atom. The lowest BCUT2D eigenvalue weighted by Gasteiger charge is -2.19. The summed E-state index contributed by atoms with van der Waals surface area (Å²) in [6.45, 7) is 5.14. The molecule has 0 bridgehead atoms. The van der Waals surface area contributed by atoms with Crippen molar-refractivity contribution in [1.29, 1.82) is 0 Å². The molecule has 1 atom stereocenters. The second-order valence-corrected chi connectivity index (χ2v) is 6.44. The summed E-state index contributed by atoms with van der Waals surface area (Å²) in [6.07, 6.45) is 2.31. The third-order valence-electron chi connectivity index (χ3n) is 4.86. The fraction of sp³-hybridized carbons (Fsp3) is 0.238. The summed E-state index contributed by atoms with van der Waals surface area (Å²) in [7, 11) is 1.63. The molecule has 0 radical (unpaired) electrons. The predicted octanol–water partition coefficient (Wildman–Crippen LogP) is 3.75. The van der Waals surface area contributed by atoms with Crippen molar-refractivity contribution in [3.63, 3.8) is 0 Å². The minimum atomic E-state index is 0.0414. The standard InChI is InChI=1S/C21H21N3O2/c1-3-12-23-17-9-5-4-8-16(17)22-21(23)15-13-20(25)24(14-15)18-10-6-7-11-19(18)26-2/h3-11,15H,1,12-14H2,2H3/t15-/m0/s1. The van der Waals surface area contributed by atoms with Crippen molar-refractivity contribution in [3.8, 4) is 5.75 Å². The number of aromatic nitrogens is 2. The van der Waals surface area contributed by atoms with Crippen LogP contribution < -0.4 is 9.64 Å². The minimum absolute atomic E-state index is 0.0414. The molecule has 0 saturated carbocycles. The summed E-state index contributed by atoms with van der Waals surface area (Å²) in [6, 6.07) is 15.7. The van der Waals surface area contributed by atoms with E-state index in [-0.39, 0.29) is 11.8 Å². The maximum Gasteiger partial charge on any atom is 0.227 e. The SMILES string of the molecule is C=CCn1c([C@H]2CC(=O)N(c3ccccc3OC)C2)nc2ccccc21. The molecule has 3 aromatic rings. The number of hydrogen-bond donors (Lipinski definition) is 0. The maximum absolute atomic E-state index is 12.7. The smallest absolute Gasteiger partial charge is 0.227 e. The van der Waals surface area contributed by atoms with Crippen molar-refractivity contribution in [1.82, 2.24) is 9.55 Å². The second kappa shape index (κ2) is 6.67. The molecule has 26 heavy (non-hydrogen) atoms. The number of rotatable bonds is 5. The highest BCUT2D eigenvalue weighted by molar-refractivity contribution is 5.97. The number of methoxy groups -OCH3 is 1. The highest BCUT2D eigenvalue weighted by Gasteiger charge is 2.35. The first-order valence-corrected chi connectivity index (χ1v) is 8.72. The van der Waals surface area contributed by atoms with Gasteiger partial charge in [0.1, 0.15) is 11.6 Å². The molecule has 1 fully saturated rings. The Bertz CT molecular complexity index is 976. The number of carbonyl (C=O) groups is 1. The van der Waals surface area contributed by atoms with Gasteiger partial charge in [-0.1, -0.05) is 30.3 Å². The third-order valence-corrected chi connectivity index (χ3v) is 4.86. The molecule has 1 aromatic heterocycles. The summed E-state index contributed by atoms with van der Waals surface area (Å²) >= 11 is 0. The molecular weight excluding hydrogens is 326 g/mol. The van der Waals surface area contributed by atoms with E-state index in [2.05, 4.69) is 17.2 Å². The molecule has 1 amide bonds. The minimum Gasteiger partial charge on any atom is -0.495 e. The van der Waals surface area contributed by atoms with Crippen LogP contribution >= 0.6 is 0 Å². The monoisotopic (exact) mass is 347 g/mol. The lowest BCUT2D eigenvalue weighted by atomic mass is 10.1. The lowest BCUT2D eigenvalue weighted by molar-refractivity contribution is -0.117. The van der Waals surface area contributed by atoms with E-state index in [0.29, 0.717) is 25.3 Å². The molecule has 5 heteroatoms. The molecule has 1 aliphatic rings. The topological polar surface area (TPSA) is 47.4 Å². The Morgan fingerprint density at radius 3 is 2.81 bits per heavy atom. The number of imidazole rings is 1. The molecule has 5 nitrogen and oxygen atoms in total. The first kappa shape index (κ1) is 16.4. The molecule has 1 saturated heterocycles. The molecule has 1 aliphatic heterocycles. The zero-order chi connectivity index (χ0) is 18.1. The van der Waals surface area contributed by atoms with Crippen LogP contribution in [-0.4, -0.2) is 29.1 Å². The number of hydrogen-bond acceptors (Lipinski definition) is 3. The number of para-hydroxylation sites is 4. The molecule has 0 spiro atoms. The van der Waals surface area contributed by atoms with Crippen LogP contribution in [0.2, 0.25) is 0 Å². The van der Waals surface area contributed by atoms with Gasteiger partial charge in [0, 0.05) is 25.4 Å². The Balaban J connectivity index is 1.72. The summed E-state index contributed by atoms with van der Waals surface area (Å²) in [4.78, 5) is 19.4. The van der Waals surface area contributed by atoms with Gasteiger partial charge in [0.25, 0.3) is 0 Å². The van der Waals surface area contributed by atoms with Gasteiger partial charge in [-0.15, -0.1) is 6.58 Å². The molecule has 4 rings (SSSR count). The van der Waals surface area contributed by atoms with Gasteiger partial charge in [-0.2, -0.15) is 0 Å². The van der Waals surface area contributed by atoms with Gasteiger partial charge in [0.2, 0.25) is 5.91 Å². The average molecular weight is 347 g/mol. The number of fused-ring (bicyclic) bond motifs is 1. The van der Waals surface area contributed by atoms with Crippen LogP contribution in [0.15, 0.2) is 61.2 Å². The lowest BCUT2D eigenvalue weighted by Crippen LogP contribution is -2.25. The molecular formula is C21H21N3O2. The Morgan fingerprint density at radius 1 is 1.23 bits per heavy atom. The van der Waals surface area contributed by atoms with Crippen molar-refractivity contribution in [2.45, 2.75) is 18.9 Å². The van der Waals surface area contributed by atoms with Crippen LogP contribution in [0.3, 0.4) is 0 Å². The van der Waals surface area contributed by atoms with E-state index < -0.39 is 0 Å². The molecule has 2 aromatic carbocycles. The molecule has 2 heterocycles. The predicted molar refractivity (Wildman–Crippen MR) is 103 cm³/mol. The van der Waals surface area contributed by atoms with Crippen molar-refractivity contribution in [2.75, 3.05) is 18.6 Å². The van der Waals surface area contributed by atoms with E-state index in [0.717, 1.165) is 22.5 Å². The van der Waals surface area contributed by atoms with Gasteiger partial charge in [0.15, 0.2) is 0 Å². The fourth-order valence-electron chi connectivity index (χ4n) is 3.69. The summed E-state index contributed by atoms with van der Waals surface area (Å²) in [5.74, 6) is 1.79. The first-order chi connectivity index (χ1) is 12.7. The van der Waals surface area contributed by atoms with Gasteiger partial charge in [-0.05, 0) is 24.3 Å². The number of allylic oxidation sites excluding steroid dienone is 1. The number of anilines is 1. The van der Waals surface area contributed by atoms with Gasteiger partial charge in [-0.3, -0.25) is 4.79 Å². The zero-order valence-electron chi connectivity index (χ0n) is 14.8. The van der Waals surface area contributed by atoms with Crippen LogP contribution in [0.5, 0.6) is 5.75 Å². The summed E-state index contributed by atoms with van der Waals surface area (Å²) < 4.78 is 7.59. The van der Waals surface area contributed by atoms with E-state index in [1.165, 1.54) is 0 Å². The number of ether oxygens (including phenoxy) is 1. The maximum atomic E-state index is 12.7. The van der Waals surface area contributed by atoms with E-state index in [1.54, 1.807) is 12.0 Å². The molecule has 0 unspecified atom stereocenters. The highest BCUT2D eigenvalue weighted by Crippen LogP contribution is 2.36. The van der Waals surface area contributed by atoms with Crippen LogP contribution in [0.1, 0.15) is 18.2 Å². The zero-order valence-corrected chi connectivity index (χ0v) is 14.8. The van der Waals surface area contributed by atoms with Gasteiger partial charge < -0.3 is 14.2 Å². The second-order valence-electron chi connectivity index (χ2n) is 6.44. The Hall–Kier alpha value is -3.08. The molecule has 132 valence electrons. The van der Waals surface area contributed by atoms with Crippen molar-refractivity contribution < 1.29 is 9.53 Å². The molecule has 0 N–H and O–H groups in total. The number of benzene rings is 2. The van der Waals surface area contributed by atoms with Crippen molar-refractivity contribution >= 4 is 22.6 Å². The van der Waals surface area contributed by atoms with Crippen LogP contribution in [0.25, 0.3) is 11.0 Å². The Kier molecular flexibility index (Phi) is 4.21. The van der Waals surface area contributed by atoms with Crippen LogP contribution in [0.4, 0.5) is 5.69 Å². The van der Waals surface area contributed by atoms with Gasteiger partial charge in [0.05, 0.1) is 23.8 Å². The normalized spacial score (nSPS) is 17.0. The first-order valence-electron chi connectivity index (χ1n) is 8.72. The van der Waals surface area contributed by atoms with Crippen LogP contribution in [0, 0.1) is 0 Å². The Labute approximate surface area is 152 Å². The summed E-state index contributed by atoms with van der Waals surface area (Å²) in [5.41, 5.74) is 2.84. The van der Waals surface area contributed by atoms with E-state index in [9.17, 15) is 4.79 Å². The summed E-state index contributed by atoms with van der Waals surface area (Å²) in [5, 5.41) is 0. The van der Waals surface area contributed by atoms with E-state index in [4.69, 9.17) is 9.72 Å². The van der Waals surface area contributed by atoms with Crippen molar-refractivity contribution in [2.24, 2.45) is 0 Å². The van der Waals surface area contributed by atoms with Crippen LogP contribution in [-0.2, 0) is 11.3 Å². The number of carbonyl (C=O) groups excluding carboxylic acids is 1. The van der Waals surface area contributed by atoms with Gasteiger partial charge >= 0.3 is 0 Å². The van der Waals surface area contributed by atoms with Crippen molar-refractivity contribution in [3.05, 3.63) is 67.0 Å². The quantitative estimate of drug-likeness (QED) is 0.661. The third kappa shape index (κ3) is 2.65. The average Bonchev–Trinajstić information content (AvgIpc) is 3.23. The van der Waals surface area contributed by atoms with Gasteiger partial charge in [-0.25, -0.2) is 4.98 Å².